The van der Waals surface area contributed by atoms with Crippen molar-refractivity contribution in [3.8, 4) is 11.6 Å². The predicted molar refractivity (Wildman–Crippen MR) is 113 cm³/mol. The third-order valence-corrected chi connectivity index (χ3v) is 4.94. The summed E-state index contributed by atoms with van der Waals surface area (Å²) in [5.41, 5.74) is 0. The van der Waals surface area contributed by atoms with E-state index in [1.54, 1.807) is 4.73 Å². The van der Waals surface area contributed by atoms with Crippen LogP contribution in [0.15, 0.2) is 91.1 Å². The van der Waals surface area contributed by atoms with Gasteiger partial charge in [-0.1, -0.05) is 48.5 Å². The van der Waals surface area contributed by atoms with Crippen LogP contribution in [0, 0.1) is 0 Å². The summed E-state index contributed by atoms with van der Waals surface area (Å²) in [6.07, 6.45) is 1.86. The highest BCUT2D eigenvalue weighted by atomic mass is 16.7. The molecule has 0 spiro atoms. The molecule has 0 aliphatic carbocycles. The van der Waals surface area contributed by atoms with Gasteiger partial charge in [0.15, 0.2) is 6.61 Å². The van der Waals surface area contributed by atoms with Gasteiger partial charge in [-0.3, -0.25) is 4.84 Å². The average molecular weight is 366 g/mol. The Bertz CT molecular complexity index is 1310. The fourth-order valence-corrected chi connectivity index (χ4v) is 3.67. The highest BCUT2D eigenvalue weighted by Gasteiger charge is 2.18. The second kappa shape index (κ2) is 6.86. The molecule has 0 N–H and O–H groups in total. The number of benzene rings is 4. The van der Waals surface area contributed by atoms with E-state index in [1.165, 1.54) is 10.8 Å². The van der Waals surface area contributed by atoms with Gasteiger partial charge in [0, 0.05) is 21.6 Å². The minimum Gasteiger partial charge on any atom is -0.401 e. The van der Waals surface area contributed by atoms with Crippen LogP contribution in [0.5, 0.6) is 11.6 Å². The maximum absolute atomic E-state index is 6.48. The quantitative estimate of drug-likeness (QED) is 0.302. The molecular weight excluding hydrogens is 346 g/mol. The van der Waals surface area contributed by atoms with Gasteiger partial charge in [-0.15, -0.1) is 0 Å². The van der Waals surface area contributed by atoms with E-state index in [0.29, 0.717) is 12.5 Å². The molecule has 0 aliphatic heterocycles. The Morgan fingerprint density at radius 2 is 1.36 bits per heavy atom. The molecule has 0 aliphatic rings. The fraction of sp³-hybridized carbons (Fsp3) is 0.0800. The Labute approximate surface area is 163 Å². The van der Waals surface area contributed by atoms with E-state index >= 15 is 0 Å². The zero-order valence-electron chi connectivity index (χ0n) is 15.6. The van der Waals surface area contributed by atoms with Gasteiger partial charge in [-0.25, -0.2) is 0 Å². The Kier molecular flexibility index (Phi) is 4.06. The fourth-order valence-electron chi connectivity index (χ4n) is 3.67. The maximum atomic E-state index is 6.48. The van der Waals surface area contributed by atoms with E-state index < -0.39 is 0 Å². The molecule has 4 aromatic carbocycles. The third kappa shape index (κ3) is 2.81. The molecule has 5 aromatic rings. The first-order valence-electron chi connectivity index (χ1n) is 9.49. The third-order valence-electron chi connectivity index (χ3n) is 4.94. The number of aromatic nitrogens is 1. The van der Waals surface area contributed by atoms with E-state index in [-0.39, 0.29) is 0 Å². The first kappa shape index (κ1) is 16.6. The molecule has 28 heavy (non-hydrogen) atoms. The van der Waals surface area contributed by atoms with Crippen molar-refractivity contribution < 1.29 is 14.3 Å². The van der Waals surface area contributed by atoms with E-state index in [4.69, 9.17) is 9.57 Å². The Morgan fingerprint density at radius 3 is 2.18 bits per heavy atom. The lowest BCUT2D eigenvalue weighted by atomic mass is 9.98. The molecule has 1 aromatic heterocycles. The molecule has 0 fully saturated rings. The number of rotatable bonds is 4. The monoisotopic (exact) mass is 366 g/mol. The van der Waals surface area contributed by atoms with E-state index in [1.807, 2.05) is 37.4 Å². The van der Waals surface area contributed by atoms with Crippen molar-refractivity contribution in [1.82, 2.24) is 0 Å². The van der Waals surface area contributed by atoms with Crippen molar-refractivity contribution in [3.05, 3.63) is 91.1 Å². The zero-order valence-corrected chi connectivity index (χ0v) is 15.6. The van der Waals surface area contributed by atoms with Crippen LogP contribution in [0.4, 0.5) is 0 Å². The van der Waals surface area contributed by atoms with Crippen molar-refractivity contribution in [2.45, 2.75) is 6.92 Å². The largest absolute Gasteiger partial charge is 0.422 e. The number of ether oxygens (including phenoxy) is 1. The van der Waals surface area contributed by atoms with Crippen molar-refractivity contribution in [1.29, 1.82) is 0 Å². The van der Waals surface area contributed by atoms with Crippen LogP contribution >= 0.6 is 0 Å². The van der Waals surface area contributed by atoms with Gasteiger partial charge >= 0.3 is 5.88 Å². The lowest BCUT2D eigenvalue weighted by molar-refractivity contribution is -0.891. The summed E-state index contributed by atoms with van der Waals surface area (Å²) in [6.45, 7) is 2.52. The summed E-state index contributed by atoms with van der Waals surface area (Å²) in [7, 11) is 0. The maximum Gasteiger partial charge on any atom is 0.422 e. The highest BCUT2D eigenvalue weighted by Crippen LogP contribution is 2.38. The first-order chi connectivity index (χ1) is 13.8. The first-order valence-corrected chi connectivity index (χ1v) is 9.49. The van der Waals surface area contributed by atoms with Crippen LogP contribution in [0.2, 0.25) is 0 Å². The second-order valence-electron chi connectivity index (χ2n) is 6.73. The molecule has 1 heterocycles. The van der Waals surface area contributed by atoms with Crippen LogP contribution in [-0.2, 0) is 0 Å². The summed E-state index contributed by atoms with van der Waals surface area (Å²) in [6, 6.07) is 29.2. The molecule has 136 valence electrons. The van der Waals surface area contributed by atoms with Gasteiger partial charge in [0.1, 0.15) is 5.75 Å². The topological polar surface area (TPSA) is 22.3 Å². The Balaban J connectivity index is 1.80. The summed E-state index contributed by atoms with van der Waals surface area (Å²) in [5, 5.41) is 6.90. The summed E-state index contributed by atoms with van der Waals surface area (Å²) in [5.74, 6) is 1.49. The molecule has 0 atom stereocenters. The van der Waals surface area contributed by atoms with Gasteiger partial charge in [-0.05, 0) is 52.7 Å². The minimum atomic E-state index is 0.561. The Morgan fingerprint density at radius 1 is 0.679 bits per heavy atom. The van der Waals surface area contributed by atoms with Crippen LogP contribution in [-0.4, -0.2) is 6.61 Å². The molecule has 0 amide bonds. The van der Waals surface area contributed by atoms with Gasteiger partial charge in [0.05, 0.1) is 6.07 Å². The SMILES string of the molecule is CCO[n+]1ccccc1Oc1c2ccccc2cc2cc3ccccc3cc12. The lowest BCUT2D eigenvalue weighted by Gasteiger charge is -2.12. The number of pyridine rings is 1. The summed E-state index contributed by atoms with van der Waals surface area (Å²) < 4.78 is 8.15. The molecule has 3 heteroatoms. The molecule has 0 bridgehead atoms. The predicted octanol–water partition coefficient (Wildman–Crippen LogP) is 5.67. The van der Waals surface area contributed by atoms with Crippen molar-refractivity contribution in [2.75, 3.05) is 6.61 Å². The normalized spacial score (nSPS) is 11.2. The van der Waals surface area contributed by atoms with Crippen LogP contribution in [0.1, 0.15) is 6.92 Å². The van der Waals surface area contributed by atoms with Gasteiger partial charge in [0.2, 0.25) is 6.20 Å². The lowest BCUT2D eigenvalue weighted by Crippen LogP contribution is -2.43. The number of nitrogens with zero attached hydrogens (tertiary/aromatic N) is 1. The molecule has 3 nitrogen and oxygen atoms in total. The molecule has 0 unspecified atom stereocenters. The molecule has 0 radical (unpaired) electrons. The van der Waals surface area contributed by atoms with Crippen LogP contribution < -0.4 is 14.3 Å². The van der Waals surface area contributed by atoms with E-state index in [0.717, 1.165) is 27.3 Å². The summed E-state index contributed by atoms with van der Waals surface area (Å²) in [4.78, 5) is 5.70. The molecular formula is C25H20NO2+. The second-order valence-corrected chi connectivity index (χ2v) is 6.73. The number of fused-ring (bicyclic) bond motifs is 3. The van der Waals surface area contributed by atoms with Crippen molar-refractivity contribution in [3.63, 3.8) is 0 Å². The average Bonchev–Trinajstić information content (AvgIpc) is 2.74. The van der Waals surface area contributed by atoms with Crippen molar-refractivity contribution >= 4 is 32.3 Å². The summed E-state index contributed by atoms with van der Waals surface area (Å²) >= 11 is 0. The number of hydrogen-bond acceptors (Lipinski definition) is 2. The van der Waals surface area contributed by atoms with E-state index in [2.05, 4.69) is 60.7 Å². The van der Waals surface area contributed by atoms with Crippen molar-refractivity contribution in [2.24, 2.45) is 0 Å². The molecule has 5 rings (SSSR count). The van der Waals surface area contributed by atoms with Gasteiger partial charge in [0.25, 0.3) is 0 Å². The minimum absolute atomic E-state index is 0.561. The Hall–Kier alpha value is -3.59. The van der Waals surface area contributed by atoms with Crippen LogP contribution in [0.25, 0.3) is 32.3 Å². The molecule has 0 saturated heterocycles. The standard InChI is InChI=1S/C25H20NO2/c1-2-27-26-14-8-7-13-24(26)28-25-22-12-6-5-11-20(22)16-21-15-18-9-3-4-10-19(18)17-23(21)25/h3-17H,2H2,1H3/q+1. The van der Waals surface area contributed by atoms with Gasteiger partial charge in [-0.2, -0.15) is 0 Å². The van der Waals surface area contributed by atoms with E-state index in [9.17, 15) is 0 Å². The molecule has 0 saturated carbocycles. The zero-order chi connectivity index (χ0) is 18.9. The highest BCUT2D eigenvalue weighted by molar-refractivity contribution is 6.10. The van der Waals surface area contributed by atoms with Crippen LogP contribution in [0.3, 0.4) is 0 Å². The van der Waals surface area contributed by atoms with Gasteiger partial charge < -0.3 is 4.74 Å². The smallest absolute Gasteiger partial charge is 0.401 e. The number of hydrogen-bond donors (Lipinski definition) is 0.